The highest BCUT2D eigenvalue weighted by atomic mass is 16.5. The number of hydrogen-bond acceptors (Lipinski definition) is 3. The average Bonchev–Trinajstić information content (AvgIpc) is 2.15. The molecule has 0 aliphatic carbocycles. The van der Waals surface area contributed by atoms with E-state index in [0.717, 1.165) is 45.8 Å². The van der Waals surface area contributed by atoms with E-state index in [1.54, 1.807) is 0 Å². The number of piperidine rings is 1. The largest absolute Gasteiger partial charge is 0.379 e. The van der Waals surface area contributed by atoms with Gasteiger partial charge >= 0.3 is 0 Å². The highest BCUT2D eigenvalue weighted by Gasteiger charge is 2.16. The topological polar surface area (TPSA) is 21.7 Å². The summed E-state index contributed by atoms with van der Waals surface area (Å²) in [4.78, 5) is 2.10. The summed E-state index contributed by atoms with van der Waals surface area (Å²) in [6, 6.07) is 0. The molecule has 0 N–H and O–H groups in total. The van der Waals surface area contributed by atoms with Crippen LogP contribution in [-0.2, 0) is 9.47 Å². The predicted octanol–water partition coefficient (Wildman–Crippen LogP) is 1.30. The molecule has 0 unspecified atom stereocenters. The Hall–Kier alpha value is -0.120. The Morgan fingerprint density at radius 1 is 1.31 bits per heavy atom. The van der Waals surface area contributed by atoms with Crippen molar-refractivity contribution in [1.29, 1.82) is 0 Å². The van der Waals surface area contributed by atoms with E-state index in [-0.39, 0.29) is 0 Å². The third-order valence-electron chi connectivity index (χ3n) is 2.32. The van der Waals surface area contributed by atoms with Gasteiger partial charge in [0.2, 0.25) is 0 Å². The minimum Gasteiger partial charge on any atom is -0.379 e. The first-order valence-electron chi connectivity index (χ1n) is 5.07. The first kappa shape index (κ1) is 11.0. The van der Waals surface area contributed by atoms with E-state index in [0.29, 0.717) is 6.10 Å². The Morgan fingerprint density at radius 2 is 2.00 bits per heavy atom. The van der Waals surface area contributed by atoms with Gasteiger partial charge in [-0.15, -0.1) is 0 Å². The van der Waals surface area contributed by atoms with Gasteiger partial charge in [-0.1, -0.05) is 0 Å². The SMILES string of the molecule is [CH2]N1CCC(OCCOCC)CC1. The predicted molar refractivity (Wildman–Crippen MR) is 52.4 cm³/mol. The molecule has 0 spiro atoms. The molecule has 0 aromatic carbocycles. The van der Waals surface area contributed by atoms with Gasteiger partial charge in [0.05, 0.1) is 19.3 Å². The van der Waals surface area contributed by atoms with Crippen molar-refractivity contribution in [1.82, 2.24) is 4.90 Å². The zero-order valence-corrected chi connectivity index (χ0v) is 8.50. The molecular weight excluding hydrogens is 166 g/mol. The van der Waals surface area contributed by atoms with Gasteiger partial charge in [-0.3, -0.25) is 0 Å². The van der Waals surface area contributed by atoms with Crippen molar-refractivity contribution >= 4 is 0 Å². The number of likely N-dealkylation sites (tertiary alicyclic amines) is 1. The lowest BCUT2D eigenvalue weighted by Gasteiger charge is -2.28. The lowest BCUT2D eigenvalue weighted by Crippen LogP contribution is -2.33. The van der Waals surface area contributed by atoms with Crippen molar-refractivity contribution in [3.63, 3.8) is 0 Å². The fraction of sp³-hybridized carbons (Fsp3) is 0.900. The molecule has 3 heteroatoms. The first-order chi connectivity index (χ1) is 6.33. The number of rotatable bonds is 5. The third-order valence-corrected chi connectivity index (χ3v) is 2.32. The van der Waals surface area contributed by atoms with Crippen molar-refractivity contribution in [2.24, 2.45) is 0 Å². The molecule has 1 aliphatic heterocycles. The fourth-order valence-electron chi connectivity index (χ4n) is 1.49. The van der Waals surface area contributed by atoms with Crippen LogP contribution in [0.1, 0.15) is 19.8 Å². The molecule has 1 rings (SSSR count). The van der Waals surface area contributed by atoms with Gasteiger partial charge in [0.25, 0.3) is 0 Å². The molecule has 0 amide bonds. The van der Waals surface area contributed by atoms with E-state index < -0.39 is 0 Å². The first-order valence-corrected chi connectivity index (χ1v) is 5.07. The van der Waals surface area contributed by atoms with Crippen molar-refractivity contribution in [3.05, 3.63) is 7.05 Å². The minimum absolute atomic E-state index is 0.429. The molecule has 0 bridgehead atoms. The summed E-state index contributed by atoms with van der Waals surface area (Å²) < 4.78 is 10.9. The Morgan fingerprint density at radius 3 is 2.62 bits per heavy atom. The zero-order chi connectivity index (χ0) is 9.52. The lowest BCUT2D eigenvalue weighted by atomic mass is 10.1. The van der Waals surface area contributed by atoms with Gasteiger partial charge in [0.15, 0.2) is 0 Å². The summed E-state index contributed by atoms with van der Waals surface area (Å²) >= 11 is 0. The number of nitrogens with zero attached hydrogens (tertiary/aromatic N) is 1. The van der Waals surface area contributed by atoms with Gasteiger partial charge in [-0.25, -0.2) is 0 Å². The molecule has 1 fully saturated rings. The maximum atomic E-state index is 5.65. The van der Waals surface area contributed by atoms with Crippen molar-refractivity contribution in [2.45, 2.75) is 25.9 Å². The maximum absolute atomic E-state index is 5.65. The van der Waals surface area contributed by atoms with Crippen LogP contribution in [0.3, 0.4) is 0 Å². The monoisotopic (exact) mass is 186 g/mol. The van der Waals surface area contributed by atoms with Crippen LogP contribution >= 0.6 is 0 Å². The fourth-order valence-corrected chi connectivity index (χ4v) is 1.49. The number of hydrogen-bond donors (Lipinski definition) is 0. The average molecular weight is 186 g/mol. The van der Waals surface area contributed by atoms with E-state index in [9.17, 15) is 0 Å². The summed E-state index contributed by atoms with van der Waals surface area (Å²) in [6.07, 6.45) is 2.64. The molecule has 0 aromatic rings. The Labute approximate surface area is 81.0 Å². The quantitative estimate of drug-likeness (QED) is 0.604. The van der Waals surface area contributed by atoms with E-state index in [1.165, 1.54) is 0 Å². The number of ether oxygens (including phenoxy) is 2. The van der Waals surface area contributed by atoms with Crippen LogP contribution in [0.4, 0.5) is 0 Å². The summed E-state index contributed by atoms with van der Waals surface area (Å²) in [6.45, 7) is 6.34. The van der Waals surface area contributed by atoms with Crippen LogP contribution in [0.2, 0.25) is 0 Å². The highest BCUT2D eigenvalue weighted by Crippen LogP contribution is 2.12. The molecule has 1 aliphatic rings. The molecule has 0 saturated carbocycles. The smallest absolute Gasteiger partial charge is 0.0704 e. The van der Waals surface area contributed by atoms with Crippen LogP contribution < -0.4 is 0 Å². The third kappa shape index (κ3) is 4.60. The molecule has 77 valence electrons. The zero-order valence-electron chi connectivity index (χ0n) is 8.50. The normalized spacial score (nSPS) is 20.8. The second-order valence-corrected chi connectivity index (χ2v) is 3.39. The summed E-state index contributed by atoms with van der Waals surface area (Å²) in [5, 5.41) is 0. The van der Waals surface area contributed by atoms with Crippen LogP contribution in [0.5, 0.6) is 0 Å². The van der Waals surface area contributed by atoms with E-state index in [2.05, 4.69) is 11.9 Å². The Kier molecular flexibility index (Phi) is 5.35. The van der Waals surface area contributed by atoms with Gasteiger partial charge < -0.3 is 14.4 Å². The molecule has 0 atom stereocenters. The van der Waals surface area contributed by atoms with Crippen LogP contribution in [0, 0.1) is 7.05 Å². The molecule has 1 heterocycles. The molecule has 0 aromatic heterocycles. The summed E-state index contributed by atoms with van der Waals surface area (Å²) in [7, 11) is 3.89. The molecule has 3 nitrogen and oxygen atoms in total. The molecule has 1 saturated heterocycles. The van der Waals surface area contributed by atoms with Gasteiger partial charge in [-0.2, -0.15) is 0 Å². The van der Waals surface area contributed by atoms with E-state index >= 15 is 0 Å². The van der Waals surface area contributed by atoms with E-state index in [1.807, 2.05) is 6.92 Å². The second kappa shape index (κ2) is 6.35. The highest BCUT2D eigenvalue weighted by molar-refractivity contribution is 4.71. The van der Waals surface area contributed by atoms with Crippen LogP contribution in [0.15, 0.2) is 0 Å². The lowest BCUT2D eigenvalue weighted by molar-refractivity contribution is -0.0157. The molecule has 13 heavy (non-hydrogen) atoms. The van der Waals surface area contributed by atoms with Gasteiger partial charge in [-0.05, 0) is 19.8 Å². The van der Waals surface area contributed by atoms with Crippen molar-refractivity contribution in [3.8, 4) is 0 Å². The maximum Gasteiger partial charge on any atom is 0.0704 e. The van der Waals surface area contributed by atoms with E-state index in [4.69, 9.17) is 9.47 Å². The van der Waals surface area contributed by atoms with Crippen LogP contribution in [-0.4, -0.2) is 43.9 Å². The standard InChI is InChI=1S/C10H20NO2/c1-3-12-8-9-13-10-4-6-11(2)7-5-10/h10H,2-9H2,1H3. The van der Waals surface area contributed by atoms with Crippen molar-refractivity contribution in [2.75, 3.05) is 32.9 Å². The summed E-state index contributed by atoms with van der Waals surface area (Å²) in [5.41, 5.74) is 0. The molecule has 1 radical (unpaired) electrons. The molecular formula is C10H20NO2. The van der Waals surface area contributed by atoms with Crippen LogP contribution in [0.25, 0.3) is 0 Å². The van der Waals surface area contributed by atoms with Crippen molar-refractivity contribution < 1.29 is 9.47 Å². The minimum atomic E-state index is 0.429. The summed E-state index contributed by atoms with van der Waals surface area (Å²) in [5.74, 6) is 0. The van der Waals surface area contributed by atoms with Gasteiger partial charge in [0.1, 0.15) is 0 Å². The Bertz CT molecular complexity index is 122. The second-order valence-electron chi connectivity index (χ2n) is 3.39. The Balaban J connectivity index is 1.96. The van der Waals surface area contributed by atoms with Gasteiger partial charge in [0, 0.05) is 26.7 Å².